The third-order valence-electron chi connectivity index (χ3n) is 22.8. The van der Waals surface area contributed by atoms with Gasteiger partial charge in [0.2, 0.25) is 0 Å². The minimum Gasteiger partial charge on any atom is -0.0622 e. The van der Waals surface area contributed by atoms with E-state index in [1.54, 1.807) is 0 Å². The van der Waals surface area contributed by atoms with Crippen LogP contribution in [0.5, 0.6) is 0 Å². The Morgan fingerprint density at radius 2 is 0.387 bits per heavy atom. The number of rotatable bonds is 6. The van der Waals surface area contributed by atoms with Crippen LogP contribution in [0.3, 0.4) is 0 Å². The molecule has 0 nitrogen and oxygen atoms in total. The number of aryl methyl sites for hydroxylation is 8. The molecule has 0 radical (unpaired) electrons. The standard InChI is InChI=1S/6C17H14.2C11H10/c1-13-7-2-4-10-15(13)17-12-6-9-14-8-3-5-11-16(14)17;1-13-6-4-9-15(12-13)17-11-5-8-14-7-2-3-10-16(14)17;1-13-9-11-15(12-10-13)17-8-4-6-14-5-2-3-7-16(14)17;1-13-7-5-12-17-15(13)10-6-11-16(17)14-8-3-2-4-9-14;1-13-11-15-9-5-6-10-16(15)17(12-13)14-7-3-2-4-8-14;1-13-10-11-17-15(12-13)8-5-9-16(17)14-6-3-2-4-7-14;1-9-5-4-7-10-6-2-3-8-11(9)10;1-9-6-7-10-4-2-3-5-11(10)8-9/h6*2-12H,1H3;2*2-8H,1H3. The quantitative estimate of drug-likeness (QED) is 0.156. The third-order valence-corrected chi connectivity index (χ3v) is 22.8. The molecule has 0 heteroatoms. The van der Waals surface area contributed by atoms with Gasteiger partial charge in [-0.15, -0.1) is 0 Å². The molecular formula is C124H104. The zero-order valence-electron chi connectivity index (χ0n) is 72.2. The average molecular weight is 1590 g/mol. The van der Waals surface area contributed by atoms with Gasteiger partial charge in [0.25, 0.3) is 0 Å². The van der Waals surface area contributed by atoms with Crippen molar-refractivity contribution in [1.82, 2.24) is 0 Å². The lowest BCUT2D eigenvalue weighted by atomic mass is 9.95. The SMILES string of the molecule is Cc1cc(-c2ccccc2)c2ccccc2c1.Cc1ccc(-c2cccc3ccccc23)cc1.Cc1ccc2c(-c3ccccc3)cccc2c1.Cc1ccc2ccccc2c1.Cc1cccc(-c2cccc3ccccc23)c1.Cc1cccc2c(-c3ccccc3)cccc12.Cc1cccc2ccccc12.Cc1ccccc1-c1cccc2ccccc12. The highest BCUT2D eigenvalue weighted by Gasteiger charge is 2.11. The van der Waals surface area contributed by atoms with Gasteiger partial charge in [0.05, 0.1) is 0 Å². The van der Waals surface area contributed by atoms with Crippen molar-refractivity contribution in [2.75, 3.05) is 0 Å². The lowest BCUT2D eigenvalue weighted by Gasteiger charge is -2.09. The number of hydrogen-bond acceptors (Lipinski definition) is 0. The molecule has 124 heavy (non-hydrogen) atoms. The fraction of sp³-hybridized carbons (Fsp3) is 0.0645. The maximum atomic E-state index is 2.26. The molecule has 0 unspecified atom stereocenters. The van der Waals surface area contributed by atoms with Crippen LogP contribution in [0, 0.1) is 55.4 Å². The Kier molecular flexibility index (Phi) is 27.9. The molecule has 0 saturated carbocycles. The average Bonchev–Trinajstić information content (AvgIpc) is 0.810. The predicted octanol–water partition coefficient (Wildman–Crippen LogP) is 35.2. The Morgan fingerprint density at radius 1 is 0.105 bits per heavy atom. The highest BCUT2D eigenvalue weighted by Crippen LogP contribution is 2.36. The van der Waals surface area contributed by atoms with E-state index >= 15 is 0 Å². The van der Waals surface area contributed by atoms with Crippen LogP contribution in [0.25, 0.3) is 153 Å². The van der Waals surface area contributed by atoms with Gasteiger partial charge in [-0.1, -0.05) is 508 Å². The Balaban J connectivity index is 0.000000110. The largest absolute Gasteiger partial charge is 0.0622 e. The maximum absolute atomic E-state index is 2.26. The summed E-state index contributed by atoms with van der Waals surface area (Å²) in [5, 5.41) is 21.1. The van der Waals surface area contributed by atoms with Crippen molar-refractivity contribution in [2.45, 2.75) is 55.4 Å². The van der Waals surface area contributed by atoms with Crippen molar-refractivity contribution in [2.24, 2.45) is 0 Å². The van der Waals surface area contributed by atoms with Gasteiger partial charge in [-0.2, -0.15) is 0 Å². The van der Waals surface area contributed by atoms with Gasteiger partial charge >= 0.3 is 0 Å². The van der Waals surface area contributed by atoms with E-state index in [0.29, 0.717) is 0 Å². The summed E-state index contributed by atoms with van der Waals surface area (Å²) in [5.41, 5.74) is 26.2. The molecule has 22 aromatic rings. The molecule has 0 bridgehead atoms. The van der Waals surface area contributed by atoms with Gasteiger partial charge in [-0.05, 0) is 231 Å². The second-order valence-corrected chi connectivity index (χ2v) is 31.9. The molecule has 22 rings (SSSR count). The van der Waals surface area contributed by atoms with Gasteiger partial charge in [0.15, 0.2) is 0 Å². The summed E-state index contributed by atoms with van der Waals surface area (Å²) >= 11 is 0. The Morgan fingerprint density at radius 3 is 0.919 bits per heavy atom. The first kappa shape index (κ1) is 84.0. The minimum atomic E-state index is 1.28. The van der Waals surface area contributed by atoms with E-state index in [2.05, 4.69) is 541 Å². The van der Waals surface area contributed by atoms with Crippen LogP contribution in [-0.4, -0.2) is 0 Å². The first-order chi connectivity index (χ1) is 60.8. The van der Waals surface area contributed by atoms with E-state index in [1.807, 2.05) is 0 Å². The van der Waals surface area contributed by atoms with Crippen LogP contribution in [0.2, 0.25) is 0 Å². The molecule has 0 aromatic heterocycles. The molecule has 0 amide bonds. The van der Waals surface area contributed by atoms with E-state index in [0.717, 1.165) is 0 Å². The van der Waals surface area contributed by atoms with Crippen molar-refractivity contribution >= 4 is 86.2 Å². The topological polar surface area (TPSA) is 0 Å². The molecule has 0 fully saturated rings. The molecule has 0 saturated heterocycles. The molecular weight excluding hydrogens is 1490 g/mol. The van der Waals surface area contributed by atoms with Crippen LogP contribution >= 0.6 is 0 Å². The van der Waals surface area contributed by atoms with Crippen LogP contribution in [0.4, 0.5) is 0 Å². The van der Waals surface area contributed by atoms with Crippen molar-refractivity contribution in [3.63, 3.8) is 0 Å². The number of fused-ring (bicyclic) bond motifs is 8. The molecule has 0 aliphatic rings. The molecule has 0 atom stereocenters. The molecule has 0 heterocycles. The van der Waals surface area contributed by atoms with E-state index < -0.39 is 0 Å². The van der Waals surface area contributed by atoms with E-state index in [-0.39, 0.29) is 0 Å². The highest BCUT2D eigenvalue weighted by molar-refractivity contribution is 6.02. The van der Waals surface area contributed by atoms with Crippen LogP contribution in [0.15, 0.2) is 485 Å². The monoisotopic (exact) mass is 1590 g/mol. The van der Waals surface area contributed by atoms with Crippen molar-refractivity contribution in [3.8, 4) is 66.8 Å². The summed E-state index contributed by atoms with van der Waals surface area (Å²) in [5.74, 6) is 0. The first-order valence-electron chi connectivity index (χ1n) is 43.0. The van der Waals surface area contributed by atoms with Gasteiger partial charge in [0, 0.05) is 0 Å². The normalized spacial score (nSPS) is 10.6. The second kappa shape index (κ2) is 41.3. The van der Waals surface area contributed by atoms with E-state index in [4.69, 9.17) is 0 Å². The molecule has 0 spiro atoms. The van der Waals surface area contributed by atoms with Gasteiger partial charge in [-0.25, -0.2) is 0 Å². The second-order valence-electron chi connectivity index (χ2n) is 31.9. The van der Waals surface area contributed by atoms with E-state index in [1.165, 1.54) is 197 Å². The maximum Gasteiger partial charge on any atom is -0.0103 e. The molecule has 600 valence electrons. The summed E-state index contributed by atoms with van der Waals surface area (Å²) in [6.45, 7) is 17.1. The fourth-order valence-electron chi connectivity index (χ4n) is 16.5. The Hall–Kier alpha value is -15.1. The Bertz CT molecular complexity index is 7260. The highest BCUT2D eigenvalue weighted by atomic mass is 14.2. The van der Waals surface area contributed by atoms with Crippen molar-refractivity contribution < 1.29 is 0 Å². The van der Waals surface area contributed by atoms with Crippen LogP contribution in [-0.2, 0) is 0 Å². The Labute approximate surface area is 733 Å². The predicted molar refractivity (Wildman–Crippen MR) is 542 cm³/mol. The molecule has 0 aliphatic carbocycles. The summed E-state index contributed by atoms with van der Waals surface area (Å²) in [6.07, 6.45) is 0. The van der Waals surface area contributed by atoms with Crippen molar-refractivity contribution in [1.29, 1.82) is 0 Å². The zero-order chi connectivity index (χ0) is 85.4. The van der Waals surface area contributed by atoms with Gasteiger partial charge < -0.3 is 0 Å². The first-order valence-corrected chi connectivity index (χ1v) is 43.0. The number of benzene rings is 22. The molecule has 22 aromatic carbocycles. The summed E-state index contributed by atoms with van der Waals surface area (Å²) in [4.78, 5) is 0. The van der Waals surface area contributed by atoms with Crippen molar-refractivity contribution in [3.05, 3.63) is 530 Å². The zero-order valence-corrected chi connectivity index (χ0v) is 72.2. The van der Waals surface area contributed by atoms with Crippen LogP contribution in [0.1, 0.15) is 44.5 Å². The lowest BCUT2D eigenvalue weighted by molar-refractivity contribution is 1.47. The minimum absolute atomic E-state index is 1.28. The van der Waals surface area contributed by atoms with Crippen LogP contribution < -0.4 is 0 Å². The lowest BCUT2D eigenvalue weighted by Crippen LogP contribution is -1.84. The summed E-state index contributed by atoms with van der Waals surface area (Å²) in [6, 6.07) is 172. The number of hydrogen-bond donors (Lipinski definition) is 0. The molecule has 0 aliphatic heterocycles. The van der Waals surface area contributed by atoms with Gasteiger partial charge in [-0.3, -0.25) is 0 Å². The summed E-state index contributed by atoms with van der Waals surface area (Å²) in [7, 11) is 0. The fourth-order valence-corrected chi connectivity index (χ4v) is 16.5. The van der Waals surface area contributed by atoms with E-state index in [9.17, 15) is 0 Å². The van der Waals surface area contributed by atoms with Gasteiger partial charge in [0.1, 0.15) is 0 Å². The smallest absolute Gasteiger partial charge is 0.0103 e. The molecule has 0 N–H and O–H groups in total. The summed E-state index contributed by atoms with van der Waals surface area (Å²) < 4.78 is 0. The third kappa shape index (κ3) is 21.2.